The second kappa shape index (κ2) is 5.46. The molecule has 1 aliphatic carbocycles. The standard InChI is InChI=1S/C17H26ClN/c1-4-16(2,3)13-8-10-17(19,11-9-13)14-6-5-7-15(18)12-14/h5-7,12-13H,4,8-11,19H2,1-3H3. The van der Waals surface area contributed by atoms with E-state index in [0.29, 0.717) is 5.41 Å². The van der Waals surface area contributed by atoms with Crippen LogP contribution in [0.5, 0.6) is 0 Å². The lowest BCUT2D eigenvalue weighted by Crippen LogP contribution is -2.42. The molecule has 106 valence electrons. The SMILES string of the molecule is CCC(C)(C)C1CCC(N)(c2cccc(Cl)c2)CC1. The fraction of sp³-hybridized carbons (Fsp3) is 0.647. The molecule has 1 aromatic rings. The molecule has 1 aromatic carbocycles. The minimum atomic E-state index is -0.175. The van der Waals surface area contributed by atoms with Gasteiger partial charge < -0.3 is 5.73 Å². The number of rotatable bonds is 3. The van der Waals surface area contributed by atoms with E-state index in [1.54, 1.807) is 0 Å². The maximum Gasteiger partial charge on any atom is 0.0410 e. The van der Waals surface area contributed by atoms with Crippen LogP contribution in [0, 0.1) is 11.3 Å². The van der Waals surface area contributed by atoms with Crippen LogP contribution in [-0.4, -0.2) is 0 Å². The van der Waals surface area contributed by atoms with Crippen molar-refractivity contribution in [1.29, 1.82) is 0 Å². The third-order valence-electron chi connectivity index (χ3n) is 5.29. The maximum absolute atomic E-state index is 6.64. The minimum Gasteiger partial charge on any atom is -0.321 e. The number of hydrogen-bond acceptors (Lipinski definition) is 1. The first-order valence-electron chi connectivity index (χ1n) is 7.42. The number of nitrogens with two attached hydrogens (primary N) is 1. The van der Waals surface area contributed by atoms with Crippen molar-refractivity contribution >= 4 is 11.6 Å². The van der Waals surface area contributed by atoms with Crippen LogP contribution in [-0.2, 0) is 5.54 Å². The van der Waals surface area contributed by atoms with E-state index >= 15 is 0 Å². The van der Waals surface area contributed by atoms with Gasteiger partial charge in [-0.05, 0) is 54.7 Å². The average molecular weight is 280 g/mol. The highest BCUT2D eigenvalue weighted by atomic mass is 35.5. The van der Waals surface area contributed by atoms with Gasteiger partial charge in [-0.1, -0.05) is 50.9 Å². The molecule has 0 unspecified atom stereocenters. The molecule has 2 N–H and O–H groups in total. The molecule has 0 amide bonds. The lowest BCUT2D eigenvalue weighted by molar-refractivity contribution is 0.115. The van der Waals surface area contributed by atoms with Gasteiger partial charge in [-0.2, -0.15) is 0 Å². The van der Waals surface area contributed by atoms with E-state index in [1.807, 2.05) is 18.2 Å². The molecule has 0 spiro atoms. The first-order chi connectivity index (χ1) is 8.87. The molecule has 1 saturated carbocycles. The number of halogens is 1. The normalized spacial score (nSPS) is 28.4. The molecule has 1 fully saturated rings. The predicted octanol–water partition coefficient (Wildman–Crippen LogP) is 5.12. The molecule has 2 heteroatoms. The minimum absolute atomic E-state index is 0.175. The van der Waals surface area contributed by atoms with Gasteiger partial charge in [-0.3, -0.25) is 0 Å². The molecule has 1 aliphatic rings. The van der Waals surface area contributed by atoms with Crippen molar-refractivity contribution in [1.82, 2.24) is 0 Å². The third kappa shape index (κ3) is 3.14. The van der Waals surface area contributed by atoms with Gasteiger partial charge in [0.25, 0.3) is 0 Å². The molecular weight excluding hydrogens is 254 g/mol. The highest BCUT2D eigenvalue weighted by Gasteiger charge is 2.38. The van der Waals surface area contributed by atoms with Crippen molar-refractivity contribution in [3.05, 3.63) is 34.9 Å². The van der Waals surface area contributed by atoms with Crippen LogP contribution in [0.3, 0.4) is 0 Å². The lowest BCUT2D eigenvalue weighted by atomic mass is 9.64. The van der Waals surface area contributed by atoms with Crippen LogP contribution in [0.25, 0.3) is 0 Å². The topological polar surface area (TPSA) is 26.0 Å². The Morgan fingerprint density at radius 2 is 1.95 bits per heavy atom. The lowest BCUT2D eigenvalue weighted by Gasteiger charge is -2.43. The van der Waals surface area contributed by atoms with Crippen molar-refractivity contribution in [2.24, 2.45) is 17.1 Å². The van der Waals surface area contributed by atoms with Crippen molar-refractivity contribution in [2.45, 2.75) is 58.4 Å². The summed E-state index contributed by atoms with van der Waals surface area (Å²) in [5.41, 5.74) is 8.10. The Balaban J connectivity index is 2.10. The first-order valence-corrected chi connectivity index (χ1v) is 7.80. The highest BCUT2D eigenvalue weighted by molar-refractivity contribution is 6.30. The van der Waals surface area contributed by atoms with Gasteiger partial charge in [-0.15, -0.1) is 0 Å². The second-order valence-corrected chi connectivity index (χ2v) is 7.22. The number of benzene rings is 1. The highest BCUT2D eigenvalue weighted by Crippen LogP contribution is 2.45. The molecule has 0 aliphatic heterocycles. The summed E-state index contributed by atoms with van der Waals surface area (Å²) < 4.78 is 0. The Morgan fingerprint density at radius 1 is 1.32 bits per heavy atom. The van der Waals surface area contributed by atoms with Gasteiger partial charge in [0, 0.05) is 10.6 Å². The Kier molecular flexibility index (Phi) is 4.27. The quantitative estimate of drug-likeness (QED) is 0.816. The van der Waals surface area contributed by atoms with E-state index in [1.165, 1.54) is 24.8 Å². The summed E-state index contributed by atoms with van der Waals surface area (Å²) in [6.07, 6.45) is 5.84. The molecule has 0 aromatic heterocycles. The van der Waals surface area contributed by atoms with Gasteiger partial charge in [0.2, 0.25) is 0 Å². The van der Waals surface area contributed by atoms with Crippen molar-refractivity contribution in [3.8, 4) is 0 Å². The van der Waals surface area contributed by atoms with Crippen molar-refractivity contribution < 1.29 is 0 Å². The average Bonchev–Trinajstić information content (AvgIpc) is 2.39. The van der Waals surface area contributed by atoms with Crippen molar-refractivity contribution in [2.75, 3.05) is 0 Å². The fourth-order valence-corrected chi connectivity index (χ4v) is 3.48. The Morgan fingerprint density at radius 3 is 2.47 bits per heavy atom. The first kappa shape index (κ1) is 14.9. The molecule has 0 heterocycles. The fourth-order valence-electron chi connectivity index (χ4n) is 3.29. The van der Waals surface area contributed by atoms with Gasteiger partial charge in [0.15, 0.2) is 0 Å². The summed E-state index contributed by atoms with van der Waals surface area (Å²) in [4.78, 5) is 0. The summed E-state index contributed by atoms with van der Waals surface area (Å²) >= 11 is 6.09. The second-order valence-electron chi connectivity index (χ2n) is 6.78. The summed E-state index contributed by atoms with van der Waals surface area (Å²) in [6.45, 7) is 7.07. The van der Waals surface area contributed by atoms with E-state index in [9.17, 15) is 0 Å². The van der Waals surface area contributed by atoms with E-state index in [2.05, 4.69) is 26.8 Å². The van der Waals surface area contributed by atoms with Crippen LogP contribution < -0.4 is 5.73 Å². The van der Waals surface area contributed by atoms with Gasteiger partial charge in [0.1, 0.15) is 0 Å². The van der Waals surface area contributed by atoms with Crippen LogP contribution in [0.4, 0.5) is 0 Å². The molecule has 1 nitrogen and oxygen atoms in total. The molecule has 19 heavy (non-hydrogen) atoms. The van der Waals surface area contributed by atoms with Crippen LogP contribution in [0.2, 0.25) is 5.02 Å². The van der Waals surface area contributed by atoms with Gasteiger partial charge in [-0.25, -0.2) is 0 Å². The Bertz CT molecular complexity index is 431. The molecule has 0 atom stereocenters. The molecule has 0 saturated heterocycles. The van der Waals surface area contributed by atoms with E-state index in [4.69, 9.17) is 17.3 Å². The van der Waals surface area contributed by atoms with E-state index in [-0.39, 0.29) is 5.54 Å². The summed E-state index contributed by atoms with van der Waals surface area (Å²) in [5, 5.41) is 0.790. The van der Waals surface area contributed by atoms with Gasteiger partial charge in [0.05, 0.1) is 0 Å². The van der Waals surface area contributed by atoms with Gasteiger partial charge >= 0.3 is 0 Å². The molecule has 2 rings (SSSR count). The predicted molar refractivity (Wildman–Crippen MR) is 83.3 cm³/mol. The van der Waals surface area contributed by atoms with Crippen LogP contribution >= 0.6 is 11.6 Å². The molecule has 0 radical (unpaired) electrons. The van der Waals surface area contributed by atoms with Crippen LogP contribution in [0.1, 0.15) is 58.4 Å². The third-order valence-corrected chi connectivity index (χ3v) is 5.53. The zero-order chi connectivity index (χ0) is 14.1. The summed E-state index contributed by atoms with van der Waals surface area (Å²) in [7, 11) is 0. The molecule has 0 bridgehead atoms. The van der Waals surface area contributed by atoms with E-state index in [0.717, 1.165) is 23.8 Å². The molecular formula is C17H26ClN. The Labute approximate surface area is 122 Å². The monoisotopic (exact) mass is 279 g/mol. The Hall–Kier alpha value is -0.530. The maximum atomic E-state index is 6.64. The zero-order valence-electron chi connectivity index (χ0n) is 12.4. The summed E-state index contributed by atoms with van der Waals surface area (Å²) in [6, 6.07) is 8.08. The smallest absolute Gasteiger partial charge is 0.0410 e. The zero-order valence-corrected chi connectivity index (χ0v) is 13.1. The van der Waals surface area contributed by atoms with E-state index < -0.39 is 0 Å². The van der Waals surface area contributed by atoms with Crippen LogP contribution in [0.15, 0.2) is 24.3 Å². The summed E-state index contributed by atoms with van der Waals surface area (Å²) in [5.74, 6) is 0.799. The van der Waals surface area contributed by atoms with Crippen molar-refractivity contribution in [3.63, 3.8) is 0 Å². The number of hydrogen-bond donors (Lipinski definition) is 1. The largest absolute Gasteiger partial charge is 0.321 e.